The van der Waals surface area contributed by atoms with E-state index in [1.165, 1.54) is 42.5 Å². The molecule has 43 heavy (non-hydrogen) atoms. The van der Waals surface area contributed by atoms with E-state index in [0.717, 1.165) is 26.0 Å². The molecule has 1 aliphatic rings. The van der Waals surface area contributed by atoms with E-state index in [4.69, 9.17) is 0 Å². The molecule has 1 aliphatic carbocycles. The molecule has 2 aromatic carbocycles. The van der Waals surface area contributed by atoms with E-state index in [9.17, 15) is 14.7 Å². The second kappa shape index (κ2) is 13.5. The zero-order valence-electron chi connectivity index (χ0n) is 25.5. The molecule has 1 saturated carbocycles. The van der Waals surface area contributed by atoms with E-state index < -0.39 is 5.97 Å². The molecule has 0 aliphatic heterocycles. The van der Waals surface area contributed by atoms with Crippen LogP contribution in [0.3, 0.4) is 0 Å². The van der Waals surface area contributed by atoms with Crippen LogP contribution in [0.2, 0.25) is 0 Å². The largest absolute Gasteiger partial charge is 0.480 e. The van der Waals surface area contributed by atoms with Gasteiger partial charge in [0.25, 0.3) is 5.91 Å². The summed E-state index contributed by atoms with van der Waals surface area (Å²) in [5.74, 6) is -0.242. The SMILES string of the molecule is CN(C(=O)c1ccc(-c2ccc(CN(CC(=O)O)Cc3ncc(C(C)(C)C)s3)s2)cc1)c1ccc(C2CCCCC2)cc1. The molecule has 0 unspecified atom stereocenters. The minimum absolute atomic E-state index is 0.0194. The summed E-state index contributed by atoms with van der Waals surface area (Å²) in [5, 5.41) is 10.4. The van der Waals surface area contributed by atoms with Crippen LogP contribution < -0.4 is 4.90 Å². The van der Waals surface area contributed by atoms with E-state index in [1.807, 2.05) is 42.4 Å². The molecule has 2 heterocycles. The van der Waals surface area contributed by atoms with Gasteiger partial charge in [-0.3, -0.25) is 14.5 Å². The van der Waals surface area contributed by atoms with E-state index >= 15 is 0 Å². The topological polar surface area (TPSA) is 73.7 Å². The second-order valence-electron chi connectivity index (χ2n) is 12.5. The average Bonchev–Trinajstić information content (AvgIpc) is 3.67. The maximum atomic E-state index is 13.3. The third-order valence-corrected chi connectivity index (χ3v) is 10.7. The highest BCUT2D eigenvalue weighted by Gasteiger charge is 2.21. The van der Waals surface area contributed by atoms with Crippen molar-refractivity contribution in [1.29, 1.82) is 0 Å². The lowest BCUT2D eigenvalue weighted by molar-refractivity contribution is -0.138. The second-order valence-corrected chi connectivity index (χ2v) is 14.8. The Kier molecular flexibility index (Phi) is 9.79. The zero-order chi connectivity index (χ0) is 30.6. The van der Waals surface area contributed by atoms with Gasteiger partial charge in [0.1, 0.15) is 5.01 Å². The molecule has 2 aromatic heterocycles. The summed E-state index contributed by atoms with van der Waals surface area (Å²) >= 11 is 3.29. The van der Waals surface area contributed by atoms with Gasteiger partial charge in [0, 0.05) is 45.7 Å². The number of hydrogen-bond donors (Lipinski definition) is 1. The van der Waals surface area contributed by atoms with Crippen molar-refractivity contribution in [1.82, 2.24) is 9.88 Å². The van der Waals surface area contributed by atoms with Gasteiger partial charge in [0.05, 0.1) is 13.1 Å². The summed E-state index contributed by atoms with van der Waals surface area (Å²) in [6.07, 6.45) is 8.39. The molecule has 1 fully saturated rings. The number of rotatable bonds is 10. The highest BCUT2D eigenvalue weighted by molar-refractivity contribution is 7.15. The molecule has 0 radical (unpaired) electrons. The number of aromatic nitrogens is 1. The average molecular weight is 616 g/mol. The Morgan fingerprint density at radius 3 is 2.23 bits per heavy atom. The van der Waals surface area contributed by atoms with Crippen LogP contribution in [0.5, 0.6) is 0 Å². The van der Waals surface area contributed by atoms with Crippen molar-refractivity contribution in [3.63, 3.8) is 0 Å². The fraction of sp³-hybridized carbons (Fsp3) is 0.400. The van der Waals surface area contributed by atoms with Crippen LogP contribution >= 0.6 is 22.7 Å². The number of carboxylic acids is 1. The van der Waals surface area contributed by atoms with Crippen LogP contribution in [0.15, 0.2) is 66.9 Å². The molecular formula is C35H41N3O3S2. The van der Waals surface area contributed by atoms with E-state index in [2.05, 4.69) is 62.2 Å². The van der Waals surface area contributed by atoms with Gasteiger partial charge in [0.2, 0.25) is 0 Å². The Bertz CT molecular complexity index is 1530. The van der Waals surface area contributed by atoms with Crippen LogP contribution in [-0.2, 0) is 23.3 Å². The fourth-order valence-electron chi connectivity index (χ4n) is 5.61. The first-order chi connectivity index (χ1) is 20.6. The Balaban J connectivity index is 1.22. The first-order valence-electron chi connectivity index (χ1n) is 15.0. The highest BCUT2D eigenvalue weighted by atomic mass is 32.1. The number of thiazole rings is 1. The van der Waals surface area contributed by atoms with Crippen LogP contribution in [0.25, 0.3) is 10.4 Å². The number of nitrogens with zero attached hydrogens (tertiary/aromatic N) is 3. The van der Waals surface area contributed by atoms with Crippen LogP contribution in [0.1, 0.15) is 89.5 Å². The standard InChI is InChI=1S/C35H41N3O3S2/c1-35(2,3)31-20-36-32(43-31)22-38(23-33(39)40)21-29-18-19-30(42-29)26-10-12-27(13-11-26)34(41)37(4)28-16-14-25(15-17-28)24-8-6-5-7-9-24/h10-20,24H,5-9,21-23H2,1-4H3,(H,39,40). The van der Waals surface area contributed by atoms with Gasteiger partial charge in [-0.05, 0) is 71.7 Å². The molecule has 4 aromatic rings. The summed E-state index contributed by atoms with van der Waals surface area (Å²) in [7, 11) is 1.83. The maximum absolute atomic E-state index is 13.3. The summed E-state index contributed by atoms with van der Waals surface area (Å²) in [5.41, 5.74) is 3.98. The predicted octanol–water partition coefficient (Wildman–Crippen LogP) is 8.58. The van der Waals surface area contributed by atoms with Crippen molar-refractivity contribution in [3.8, 4) is 10.4 Å². The number of amides is 1. The van der Waals surface area contributed by atoms with Gasteiger partial charge in [-0.1, -0.05) is 64.3 Å². The van der Waals surface area contributed by atoms with E-state index in [-0.39, 0.29) is 17.9 Å². The van der Waals surface area contributed by atoms with Gasteiger partial charge in [-0.25, -0.2) is 4.98 Å². The minimum Gasteiger partial charge on any atom is -0.480 e. The minimum atomic E-state index is -0.852. The van der Waals surface area contributed by atoms with Crippen molar-refractivity contribution < 1.29 is 14.7 Å². The molecule has 226 valence electrons. The third-order valence-electron chi connectivity index (χ3n) is 8.13. The first kappa shape index (κ1) is 31.1. The fourth-order valence-corrected chi connectivity index (χ4v) is 7.69. The first-order valence-corrected chi connectivity index (χ1v) is 16.7. The van der Waals surface area contributed by atoms with Crippen LogP contribution in [-0.4, -0.2) is 40.5 Å². The van der Waals surface area contributed by atoms with Crippen molar-refractivity contribution in [3.05, 3.63) is 92.7 Å². The predicted molar refractivity (Wildman–Crippen MR) is 177 cm³/mol. The van der Waals surface area contributed by atoms with Crippen molar-refractivity contribution in [2.75, 3.05) is 18.5 Å². The number of hydrogen-bond acceptors (Lipinski definition) is 6. The van der Waals surface area contributed by atoms with Gasteiger partial charge in [0.15, 0.2) is 0 Å². The van der Waals surface area contributed by atoms with E-state index in [0.29, 0.717) is 24.6 Å². The third kappa shape index (κ3) is 7.99. The van der Waals surface area contributed by atoms with Gasteiger partial charge >= 0.3 is 5.97 Å². The Morgan fingerprint density at radius 2 is 1.60 bits per heavy atom. The summed E-state index contributed by atoms with van der Waals surface area (Å²) < 4.78 is 0. The lowest BCUT2D eigenvalue weighted by Crippen LogP contribution is -2.28. The number of anilines is 1. The summed E-state index contributed by atoms with van der Waals surface area (Å²) in [6.45, 7) is 7.44. The molecule has 0 atom stereocenters. The molecule has 0 bridgehead atoms. The van der Waals surface area contributed by atoms with Crippen LogP contribution in [0.4, 0.5) is 5.69 Å². The number of thiophene rings is 1. The number of carboxylic acid groups (broad SMARTS) is 1. The van der Waals surface area contributed by atoms with E-state index in [1.54, 1.807) is 27.6 Å². The van der Waals surface area contributed by atoms with Crippen molar-refractivity contribution in [2.45, 2.75) is 77.3 Å². The lowest BCUT2D eigenvalue weighted by atomic mass is 9.84. The summed E-state index contributed by atoms with van der Waals surface area (Å²) in [6, 6.07) is 20.4. The Morgan fingerprint density at radius 1 is 0.907 bits per heavy atom. The van der Waals surface area contributed by atoms with Gasteiger partial charge in [-0.15, -0.1) is 22.7 Å². The lowest BCUT2D eigenvalue weighted by Gasteiger charge is -2.23. The molecule has 0 saturated heterocycles. The van der Waals surface area contributed by atoms with Gasteiger partial charge in [-0.2, -0.15) is 0 Å². The molecular weight excluding hydrogens is 575 g/mol. The Hall–Kier alpha value is -3.33. The maximum Gasteiger partial charge on any atom is 0.317 e. The summed E-state index contributed by atoms with van der Waals surface area (Å²) in [4.78, 5) is 36.4. The molecule has 8 heteroatoms. The number of benzene rings is 2. The molecule has 5 rings (SSSR count). The molecule has 0 spiro atoms. The number of aliphatic carboxylic acids is 1. The highest BCUT2D eigenvalue weighted by Crippen LogP contribution is 2.34. The molecule has 1 amide bonds. The monoisotopic (exact) mass is 615 g/mol. The smallest absolute Gasteiger partial charge is 0.317 e. The van der Waals surface area contributed by atoms with Crippen molar-refractivity contribution in [2.24, 2.45) is 0 Å². The number of carbonyl (C=O) groups excluding carboxylic acids is 1. The molecule has 6 nitrogen and oxygen atoms in total. The Labute approximate surface area is 263 Å². The molecule has 1 N–H and O–H groups in total. The quantitative estimate of drug-likeness (QED) is 0.193. The van der Waals surface area contributed by atoms with Gasteiger partial charge < -0.3 is 10.0 Å². The van der Waals surface area contributed by atoms with Crippen molar-refractivity contribution >= 4 is 40.2 Å². The number of carbonyl (C=O) groups is 2. The normalized spacial score (nSPS) is 14.3. The van der Waals surface area contributed by atoms with Crippen LogP contribution in [0, 0.1) is 0 Å². The zero-order valence-corrected chi connectivity index (χ0v) is 27.1.